The molecule has 0 saturated carbocycles. The number of hydrogen-bond donors (Lipinski definition) is 1. The van der Waals surface area contributed by atoms with Crippen molar-refractivity contribution in [3.05, 3.63) is 47.0 Å². The molecule has 0 saturated heterocycles. The smallest absolute Gasteiger partial charge is 0.186 e. The molecule has 0 aromatic heterocycles. The van der Waals surface area contributed by atoms with Crippen LogP contribution in [0.15, 0.2) is 24.3 Å². The lowest BCUT2D eigenvalue weighted by Gasteiger charge is -2.19. The van der Waals surface area contributed by atoms with Crippen LogP contribution in [0.4, 0.5) is 20.2 Å². The summed E-state index contributed by atoms with van der Waals surface area (Å²) in [5.74, 6) is -2.11. The summed E-state index contributed by atoms with van der Waals surface area (Å²) in [5, 5.41) is 21.1. The molecule has 0 amide bonds. The minimum Gasteiger partial charge on any atom is -0.492 e. The number of rotatable bonds is 7. The molecule has 0 fully saturated rings. The molecule has 1 N–H and O–H groups in total. The van der Waals surface area contributed by atoms with Crippen LogP contribution in [0.5, 0.6) is 11.5 Å². The van der Waals surface area contributed by atoms with Crippen LogP contribution in [-0.4, -0.2) is 13.2 Å². The third-order valence-electron chi connectivity index (χ3n) is 3.57. The van der Waals surface area contributed by atoms with Crippen LogP contribution in [0, 0.1) is 40.2 Å². The molecule has 2 rings (SSSR count). The van der Waals surface area contributed by atoms with Crippen molar-refractivity contribution in [3.63, 3.8) is 0 Å². The summed E-state index contributed by atoms with van der Waals surface area (Å²) >= 11 is 0. The van der Waals surface area contributed by atoms with E-state index in [1.54, 1.807) is 37.3 Å². The fraction of sp³-hybridized carbons (Fsp3) is 0.300. The van der Waals surface area contributed by atoms with Crippen molar-refractivity contribution in [1.29, 1.82) is 10.5 Å². The highest BCUT2D eigenvalue weighted by molar-refractivity contribution is 5.75. The molecule has 0 heterocycles. The maximum absolute atomic E-state index is 15.0. The van der Waals surface area contributed by atoms with Crippen molar-refractivity contribution in [3.8, 4) is 23.6 Å². The van der Waals surface area contributed by atoms with Gasteiger partial charge >= 0.3 is 0 Å². The molecule has 2 aromatic carbocycles. The second kappa shape index (κ2) is 8.86. The van der Waals surface area contributed by atoms with E-state index in [9.17, 15) is 14.0 Å². The summed E-state index contributed by atoms with van der Waals surface area (Å²) in [4.78, 5) is 0. The molecule has 27 heavy (non-hydrogen) atoms. The van der Waals surface area contributed by atoms with Crippen LogP contribution in [0.2, 0.25) is 0 Å². The molecule has 0 radical (unpaired) electrons. The van der Waals surface area contributed by atoms with Gasteiger partial charge in [-0.3, -0.25) is 0 Å². The minimum absolute atomic E-state index is 0.0391. The molecule has 0 aliphatic heterocycles. The van der Waals surface area contributed by atoms with Gasteiger partial charge in [0.1, 0.15) is 34.7 Å². The molecule has 0 bridgehead atoms. The van der Waals surface area contributed by atoms with Crippen molar-refractivity contribution in [1.82, 2.24) is 0 Å². The van der Waals surface area contributed by atoms with E-state index in [4.69, 9.17) is 14.7 Å². The van der Waals surface area contributed by atoms with Crippen molar-refractivity contribution in [2.75, 3.05) is 18.5 Å². The Labute approximate surface area is 156 Å². The van der Waals surface area contributed by atoms with Gasteiger partial charge in [0.05, 0.1) is 18.9 Å². The molecular weight excluding hydrogens is 352 g/mol. The first-order valence-electron chi connectivity index (χ1n) is 8.41. The Balaban J connectivity index is 2.65. The van der Waals surface area contributed by atoms with Gasteiger partial charge in [-0.05, 0) is 25.0 Å². The first-order valence-corrected chi connectivity index (χ1v) is 8.41. The third-order valence-corrected chi connectivity index (χ3v) is 3.57. The molecule has 7 heteroatoms. The standard InChI is InChI=1S/C20H19F2N3O2/c1-4-26-16-8-6-5-7-15(16)25-19-17(21)13(9-23)14(10-24)18(22)20(19)27-11-12(2)3/h5-8,12,25H,4,11H2,1-3H3. The molecule has 0 spiro atoms. The van der Waals surface area contributed by atoms with Gasteiger partial charge in [-0.25, -0.2) is 8.78 Å². The quantitative estimate of drug-likeness (QED) is 0.750. The number of nitriles is 2. The van der Waals surface area contributed by atoms with Crippen molar-refractivity contribution >= 4 is 11.4 Å². The molecular formula is C20H19F2N3O2. The van der Waals surface area contributed by atoms with E-state index < -0.39 is 28.5 Å². The number of nitrogens with zero attached hydrogens (tertiary/aromatic N) is 2. The van der Waals surface area contributed by atoms with Gasteiger partial charge in [-0.2, -0.15) is 10.5 Å². The topological polar surface area (TPSA) is 78.1 Å². The molecule has 2 aromatic rings. The van der Waals surface area contributed by atoms with E-state index in [-0.39, 0.29) is 18.2 Å². The summed E-state index contributed by atoms with van der Waals surface area (Å²) < 4.78 is 40.7. The summed E-state index contributed by atoms with van der Waals surface area (Å²) in [6, 6.07) is 9.82. The van der Waals surface area contributed by atoms with E-state index in [1.807, 2.05) is 13.8 Å². The highest BCUT2D eigenvalue weighted by Crippen LogP contribution is 2.39. The maximum Gasteiger partial charge on any atom is 0.186 e. The second-order valence-electron chi connectivity index (χ2n) is 6.06. The van der Waals surface area contributed by atoms with E-state index >= 15 is 0 Å². The first-order chi connectivity index (χ1) is 12.9. The number of para-hydroxylation sites is 2. The first kappa shape index (κ1) is 20.0. The number of ether oxygens (including phenoxy) is 2. The highest BCUT2D eigenvalue weighted by Gasteiger charge is 2.27. The fourth-order valence-electron chi connectivity index (χ4n) is 2.36. The van der Waals surface area contributed by atoms with Gasteiger partial charge in [0, 0.05) is 0 Å². The monoisotopic (exact) mass is 371 g/mol. The number of hydrogen-bond acceptors (Lipinski definition) is 5. The molecule has 0 aliphatic rings. The average Bonchev–Trinajstić information content (AvgIpc) is 2.65. The third kappa shape index (κ3) is 4.27. The van der Waals surface area contributed by atoms with Crippen LogP contribution in [0.1, 0.15) is 31.9 Å². The summed E-state index contributed by atoms with van der Waals surface area (Å²) in [7, 11) is 0. The lowest BCUT2D eigenvalue weighted by atomic mass is 10.0. The summed E-state index contributed by atoms with van der Waals surface area (Å²) in [6.07, 6.45) is 0. The van der Waals surface area contributed by atoms with Gasteiger partial charge in [0.2, 0.25) is 0 Å². The van der Waals surface area contributed by atoms with Gasteiger partial charge in [0.25, 0.3) is 0 Å². The Morgan fingerprint density at radius 2 is 1.67 bits per heavy atom. The number of benzene rings is 2. The van der Waals surface area contributed by atoms with Gasteiger partial charge in [0.15, 0.2) is 17.4 Å². The zero-order valence-electron chi connectivity index (χ0n) is 15.3. The van der Waals surface area contributed by atoms with Crippen LogP contribution in [0.3, 0.4) is 0 Å². The number of nitrogens with one attached hydrogen (secondary N) is 1. The molecule has 140 valence electrons. The highest BCUT2D eigenvalue weighted by atomic mass is 19.1. The van der Waals surface area contributed by atoms with Gasteiger partial charge in [-0.15, -0.1) is 0 Å². The van der Waals surface area contributed by atoms with Crippen molar-refractivity contribution < 1.29 is 18.3 Å². The van der Waals surface area contributed by atoms with Crippen LogP contribution in [0.25, 0.3) is 0 Å². The number of halogens is 2. The van der Waals surface area contributed by atoms with Crippen LogP contribution < -0.4 is 14.8 Å². The largest absolute Gasteiger partial charge is 0.492 e. The van der Waals surface area contributed by atoms with Gasteiger partial charge < -0.3 is 14.8 Å². The normalized spacial score (nSPS) is 10.2. The number of anilines is 2. The molecule has 0 atom stereocenters. The van der Waals surface area contributed by atoms with E-state index in [1.165, 1.54) is 6.07 Å². The minimum atomic E-state index is -1.08. The Bertz CT molecular complexity index is 915. The van der Waals surface area contributed by atoms with Crippen molar-refractivity contribution in [2.45, 2.75) is 20.8 Å². The Kier molecular flexibility index (Phi) is 6.56. The average molecular weight is 371 g/mol. The van der Waals surface area contributed by atoms with Gasteiger partial charge in [-0.1, -0.05) is 26.0 Å². The second-order valence-corrected chi connectivity index (χ2v) is 6.06. The van der Waals surface area contributed by atoms with Crippen LogP contribution >= 0.6 is 0 Å². The molecule has 5 nitrogen and oxygen atoms in total. The lowest BCUT2D eigenvalue weighted by Crippen LogP contribution is -2.11. The Hall–Kier alpha value is -3.32. The maximum atomic E-state index is 15.0. The summed E-state index contributed by atoms with van der Waals surface area (Å²) in [5.41, 5.74) is -1.34. The SMILES string of the molecule is CCOc1ccccc1Nc1c(F)c(C#N)c(C#N)c(F)c1OCC(C)C. The van der Waals surface area contributed by atoms with E-state index in [0.717, 1.165) is 0 Å². The predicted octanol–water partition coefficient (Wildman–Crippen LogP) is 4.89. The van der Waals surface area contributed by atoms with Crippen molar-refractivity contribution in [2.24, 2.45) is 5.92 Å². The zero-order valence-corrected chi connectivity index (χ0v) is 15.3. The van der Waals surface area contributed by atoms with Crippen LogP contribution in [-0.2, 0) is 0 Å². The Morgan fingerprint density at radius 3 is 2.26 bits per heavy atom. The van der Waals surface area contributed by atoms with E-state index in [0.29, 0.717) is 18.0 Å². The van der Waals surface area contributed by atoms with E-state index in [2.05, 4.69) is 5.32 Å². The predicted molar refractivity (Wildman–Crippen MR) is 97.0 cm³/mol. The lowest BCUT2D eigenvalue weighted by molar-refractivity contribution is 0.259. The molecule has 0 unspecified atom stereocenters. The Morgan fingerprint density at radius 1 is 1.04 bits per heavy atom. The zero-order chi connectivity index (χ0) is 20.0. The summed E-state index contributed by atoms with van der Waals surface area (Å²) in [6.45, 7) is 5.98. The fourth-order valence-corrected chi connectivity index (χ4v) is 2.36. The molecule has 0 aliphatic carbocycles.